The molecule has 4 heterocycles. The van der Waals surface area contributed by atoms with E-state index in [1.807, 2.05) is 4.90 Å². The van der Waals surface area contributed by atoms with Gasteiger partial charge in [0.15, 0.2) is 0 Å². The second-order valence-corrected chi connectivity index (χ2v) is 8.25. The number of carbonyl (C=O) groups excluding carboxylic acids is 1. The Morgan fingerprint density at radius 1 is 1.19 bits per heavy atom. The van der Waals surface area contributed by atoms with Gasteiger partial charge in [0.05, 0.1) is 31.2 Å². The number of H-pyrrole nitrogens is 1. The molecule has 0 saturated carbocycles. The first-order valence-electron chi connectivity index (χ1n) is 10.5. The van der Waals surface area contributed by atoms with Crippen LogP contribution >= 0.6 is 0 Å². The van der Waals surface area contributed by atoms with Crippen LogP contribution < -0.4 is 0 Å². The Balaban J connectivity index is 1.26. The lowest BCUT2D eigenvalue weighted by Crippen LogP contribution is -2.52. The maximum absolute atomic E-state index is 12.9. The number of aromatic nitrogens is 2. The fraction of sp³-hybridized carbons (Fsp3) is 0.800. The Morgan fingerprint density at radius 3 is 2.67 bits per heavy atom. The van der Waals surface area contributed by atoms with E-state index in [1.165, 1.54) is 24.2 Å². The van der Waals surface area contributed by atoms with Gasteiger partial charge >= 0.3 is 0 Å². The van der Waals surface area contributed by atoms with Crippen molar-refractivity contribution < 1.29 is 9.53 Å². The second kappa shape index (κ2) is 8.71. The van der Waals surface area contributed by atoms with Gasteiger partial charge in [-0.05, 0) is 39.2 Å². The van der Waals surface area contributed by atoms with Gasteiger partial charge in [0.25, 0.3) is 0 Å². The number of ether oxygens (including phenoxy) is 1. The Labute approximate surface area is 162 Å². The molecule has 3 saturated heterocycles. The van der Waals surface area contributed by atoms with E-state index < -0.39 is 0 Å². The van der Waals surface area contributed by atoms with E-state index in [1.54, 1.807) is 6.33 Å². The van der Waals surface area contributed by atoms with E-state index in [0.29, 0.717) is 25.2 Å². The summed E-state index contributed by atoms with van der Waals surface area (Å²) in [5.41, 5.74) is 2.35. The van der Waals surface area contributed by atoms with Gasteiger partial charge in [0.1, 0.15) is 0 Å². The van der Waals surface area contributed by atoms with Crippen molar-refractivity contribution in [3.63, 3.8) is 0 Å². The molecule has 3 aliphatic heterocycles. The van der Waals surface area contributed by atoms with Crippen LogP contribution in [0.15, 0.2) is 6.33 Å². The Morgan fingerprint density at radius 2 is 1.96 bits per heavy atom. The van der Waals surface area contributed by atoms with Gasteiger partial charge in [-0.25, -0.2) is 4.98 Å². The Bertz CT molecular complexity index is 620. The molecule has 0 aromatic carbocycles. The third-order valence-electron chi connectivity index (χ3n) is 6.51. The number of amides is 1. The summed E-state index contributed by atoms with van der Waals surface area (Å²) < 4.78 is 5.39. The highest BCUT2D eigenvalue weighted by molar-refractivity contribution is 5.79. The number of nitrogens with one attached hydrogen (secondary N) is 1. The first-order chi connectivity index (χ1) is 13.2. The summed E-state index contributed by atoms with van der Waals surface area (Å²) >= 11 is 0. The third-order valence-corrected chi connectivity index (χ3v) is 6.51. The molecule has 0 aliphatic carbocycles. The molecule has 1 atom stereocenters. The monoisotopic (exact) mass is 375 g/mol. The Hall–Kier alpha value is -1.44. The van der Waals surface area contributed by atoms with Gasteiger partial charge in [-0.3, -0.25) is 14.6 Å². The number of aryl methyl sites for hydroxylation is 1. The average molecular weight is 376 g/mol. The van der Waals surface area contributed by atoms with Crippen LogP contribution in [0.4, 0.5) is 0 Å². The molecule has 150 valence electrons. The molecule has 4 rings (SSSR count). The van der Waals surface area contributed by atoms with Crippen molar-refractivity contribution in [2.75, 3.05) is 52.5 Å². The summed E-state index contributed by atoms with van der Waals surface area (Å²) in [6.45, 7) is 10.3. The largest absolute Gasteiger partial charge is 0.378 e. The smallest absolute Gasteiger partial charge is 0.227 e. The summed E-state index contributed by atoms with van der Waals surface area (Å²) in [4.78, 5) is 27.6. The van der Waals surface area contributed by atoms with E-state index >= 15 is 0 Å². The fourth-order valence-electron chi connectivity index (χ4n) is 4.78. The van der Waals surface area contributed by atoms with Gasteiger partial charge in [-0.2, -0.15) is 0 Å². The predicted molar refractivity (Wildman–Crippen MR) is 103 cm³/mol. The lowest BCUT2D eigenvalue weighted by atomic mass is 9.92. The van der Waals surface area contributed by atoms with Gasteiger partial charge < -0.3 is 14.6 Å². The lowest BCUT2D eigenvalue weighted by Gasteiger charge is -2.43. The Kier molecular flexibility index (Phi) is 6.10. The summed E-state index contributed by atoms with van der Waals surface area (Å²) in [6, 6.07) is 0.627. The standard InChI is InChI=1S/C20H33N5O2/c1-16-19(22-15-21-16)14-23-7-4-18(5-8-23)25-6-2-3-17(13-25)20(26)24-9-11-27-12-10-24/h15,17-18H,2-14H2,1H3,(H,21,22)/t17-/m0/s1. The number of hydrogen-bond acceptors (Lipinski definition) is 5. The molecule has 0 radical (unpaired) electrons. The summed E-state index contributed by atoms with van der Waals surface area (Å²) in [6.07, 6.45) is 6.37. The minimum Gasteiger partial charge on any atom is -0.378 e. The van der Waals surface area contributed by atoms with Crippen molar-refractivity contribution >= 4 is 5.91 Å². The van der Waals surface area contributed by atoms with Crippen molar-refractivity contribution in [2.24, 2.45) is 5.92 Å². The number of hydrogen-bond donors (Lipinski definition) is 1. The SMILES string of the molecule is Cc1[nH]cnc1CN1CCC(N2CCC[C@H](C(=O)N3CCOCC3)C2)CC1. The summed E-state index contributed by atoms with van der Waals surface area (Å²) in [5, 5.41) is 0. The van der Waals surface area contributed by atoms with Gasteiger partial charge in [0, 0.05) is 51.0 Å². The number of morpholine rings is 1. The molecule has 27 heavy (non-hydrogen) atoms. The molecule has 7 nitrogen and oxygen atoms in total. The maximum atomic E-state index is 12.9. The summed E-state index contributed by atoms with van der Waals surface area (Å²) in [7, 11) is 0. The molecular weight excluding hydrogens is 342 g/mol. The molecule has 3 fully saturated rings. The molecule has 1 amide bonds. The zero-order valence-electron chi connectivity index (χ0n) is 16.5. The number of likely N-dealkylation sites (tertiary alicyclic amines) is 2. The molecule has 1 aromatic heterocycles. The normalized spacial score (nSPS) is 26.4. The number of rotatable bonds is 4. The first-order valence-corrected chi connectivity index (χ1v) is 10.5. The van der Waals surface area contributed by atoms with Gasteiger partial charge in [-0.1, -0.05) is 0 Å². The number of piperidine rings is 2. The van der Waals surface area contributed by atoms with Crippen molar-refractivity contribution in [3.8, 4) is 0 Å². The zero-order valence-corrected chi connectivity index (χ0v) is 16.5. The molecule has 1 aromatic rings. The zero-order chi connectivity index (χ0) is 18.6. The number of aromatic amines is 1. The topological polar surface area (TPSA) is 64.7 Å². The molecular formula is C20H33N5O2. The van der Waals surface area contributed by atoms with E-state index in [4.69, 9.17) is 4.74 Å². The van der Waals surface area contributed by atoms with Crippen LogP contribution in [0.2, 0.25) is 0 Å². The molecule has 1 N–H and O–H groups in total. The number of carbonyl (C=O) groups is 1. The highest BCUT2D eigenvalue weighted by Gasteiger charge is 2.34. The molecule has 0 spiro atoms. The average Bonchev–Trinajstić information content (AvgIpc) is 3.13. The van der Waals surface area contributed by atoms with E-state index in [-0.39, 0.29) is 5.92 Å². The second-order valence-electron chi connectivity index (χ2n) is 8.25. The van der Waals surface area contributed by atoms with Crippen molar-refractivity contribution in [1.29, 1.82) is 0 Å². The van der Waals surface area contributed by atoms with E-state index in [9.17, 15) is 4.79 Å². The molecule has 7 heteroatoms. The van der Waals surface area contributed by atoms with Crippen molar-refractivity contribution in [3.05, 3.63) is 17.7 Å². The first kappa shape index (κ1) is 18.9. The quantitative estimate of drug-likeness (QED) is 0.858. The van der Waals surface area contributed by atoms with Crippen LogP contribution in [-0.2, 0) is 16.1 Å². The molecule has 0 unspecified atom stereocenters. The van der Waals surface area contributed by atoms with Gasteiger partial charge in [-0.15, -0.1) is 0 Å². The predicted octanol–water partition coefficient (Wildman–Crippen LogP) is 1.25. The van der Waals surface area contributed by atoms with Crippen LogP contribution in [0.3, 0.4) is 0 Å². The molecule has 0 bridgehead atoms. The van der Waals surface area contributed by atoms with Crippen LogP contribution in [0, 0.1) is 12.8 Å². The maximum Gasteiger partial charge on any atom is 0.227 e. The minimum absolute atomic E-state index is 0.182. The van der Waals surface area contributed by atoms with E-state index in [0.717, 1.165) is 58.7 Å². The fourth-order valence-corrected chi connectivity index (χ4v) is 4.78. The minimum atomic E-state index is 0.182. The third kappa shape index (κ3) is 4.52. The van der Waals surface area contributed by atoms with Crippen LogP contribution in [0.1, 0.15) is 37.1 Å². The lowest BCUT2D eigenvalue weighted by molar-refractivity contribution is -0.142. The van der Waals surface area contributed by atoms with Gasteiger partial charge in [0.2, 0.25) is 5.91 Å². The number of nitrogens with zero attached hydrogens (tertiary/aromatic N) is 4. The van der Waals surface area contributed by atoms with Crippen molar-refractivity contribution in [2.45, 2.75) is 45.2 Å². The van der Waals surface area contributed by atoms with Crippen molar-refractivity contribution in [1.82, 2.24) is 24.7 Å². The highest BCUT2D eigenvalue weighted by atomic mass is 16.5. The molecule has 3 aliphatic rings. The van der Waals surface area contributed by atoms with Crippen LogP contribution in [0.5, 0.6) is 0 Å². The van der Waals surface area contributed by atoms with Crippen LogP contribution in [-0.4, -0.2) is 89.1 Å². The highest BCUT2D eigenvalue weighted by Crippen LogP contribution is 2.26. The summed E-state index contributed by atoms with van der Waals surface area (Å²) in [5.74, 6) is 0.538. The number of imidazole rings is 1. The van der Waals surface area contributed by atoms with Crippen LogP contribution in [0.25, 0.3) is 0 Å². The van der Waals surface area contributed by atoms with E-state index in [2.05, 4.69) is 26.7 Å².